The van der Waals surface area contributed by atoms with Crippen LogP contribution in [0.2, 0.25) is 0 Å². The standard InChI is InChI=1S/C8H5ClO2P/c9-12(7-3-1-5-10-7)8-4-2-6-11-8/h1,3-6H/q+1. The van der Waals surface area contributed by atoms with Gasteiger partial charge in [0.2, 0.25) is 13.4 Å². The van der Waals surface area contributed by atoms with Crippen molar-refractivity contribution < 1.29 is 9.15 Å². The summed E-state index contributed by atoms with van der Waals surface area (Å²) in [5.41, 5.74) is 1.46. The molecule has 1 aliphatic heterocycles. The van der Waals surface area contributed by atoms with Crippen LogP contribution in [0.3, 0.4) is 0 Å². The van der Waals surface area contributed by atoms with Crippen LogP contribution in [0.5, 0.6) is 0 Å². The lowest BCUT2D eigenvalue weighted by Gasteiger charge is -1.97. The largest absolute Gasteiger partial charge is 0.461 e. The molecule has 2 rings (SSSR count). The lowest BCUT2D eigenvalue weighted by Crippen LogP contribution is -1.93. The van der Waals surface area contributed by atoms with Crippen molar-refractivity contribution in [2.75, 3.05) is 0 Å². The van der Waals surface area contributed by atoms with E-state index in [0.717, 1.165) is 5.50 Å². The summed E-state index contributed by atoms with van der Waals surface area (Å²) >= 11 is 6.07. The highest BCUT2D eigenvalue weighted by Gasteiger charge is 2.28. The predicted octanol–water partition coefficient (Wildman–Crippen LogP) is 2.73. The van der Waals surface area contributed by atoms with Crippen molar-refractivity contribution in [3.8, 4) is 0 Å². The minimum absolute atomic E-state index is 0.710. The molecule has 12 heavy (non-hydrogen) atoms. The zero-order chi connectivity index (χ0) is 8.39. The number of hydrogen-bond acceptors (Lipinski definition) is 2. The van der Waals surface area contributed by atoms with Crippen LogP contribution in [0, 0.1) is 6.08 Å². The molecule has 0 aliphatic carbocycles. The van der Waals surface area contributed by atoms with Gasteiger partial charge in [-0.2, -0.15) is 0 Å². The first kappa shape index (κ1) is 7.82. The van der Waals surface area contributed by atoms with Gasteiger partial charge in [-0.25, -0.2) is 0 Å². The van der Waals surface area contributed by atoms with Crippen molar-refractivity contribution in [3.63, 3.8) is 0 Å². The molecule has 0 spiro atoms. The number of hydrogen-bond donors (Lipinski definition) is 0. The SMILES string of the molecule is ClP(C1=C[C+]=CO1)c1ccco1. The number of halogens is 1. The third-order valence-corrected chi connectivity index (χ3v) is 3.61. The first-order valence-electron chi connectivity index (χ1n) is 3.32. The highest BCUT2D eigenvalue weighted by molar-refractivity contribution is 7.92. The van der Waals surface area contributed by atoms with E-state index >= 15 is 0 Å². The van der Waals surface area contributed by atoms with Crippen LogP contribution >= 0.6 is 18.5 Å². The van der Waals surface area contributed by atoms with Gasteiger partial charge < -0.3 is 9.15 Å². The van der Waals surface area contributed by atoms with E-state index in [1.54, 1.807) is 18.4 Å². The third kappa shape index (κ3) is 1.37. The fourth-order valence-electron chi connectivity index (χ4n) is 0.827. The Bertz CT molecular complexity index is 316. The van der Waals surface area contributed by atoms with Gasteiger partial charge in [-0.3, -0.25) is 0 Å². The highest BCUT2D eigenvalue weighted by Crippen LogP contribution is 2.50. The number of furan rings is 1. The van der Waals surface area contributed by atoms with Crippen LogP contribution in [0.4, 0.5) is 0 Å². The van der Waals surface area contributed by atoms with Crippen molar-refractivity contribution in [1.29, 1.82) is 0 Å². The number of rotatable bonds is 2. The Hall–Kier alpha value is -0.810. The van der Waals surface area contributed by atoms with E-state index in [1.807, 2.05) is 6.07 Å². The molecule has 0 radical (unpaired) electrons. The molecule has 0 saturated carbocycles. The summed E-state index contributed by atoms with van der Waals surface area (Å²) in [5, 5.41) is 0. The van der Waals surface area contributed by atoms with Crippen LogP contribution in [0.1, 0.15) is 0 Å². The van der Waals surface area contributed by atoms with Gasteiger partial charge in [0.1, 0.15) is 6.08 Å². The predicted molar refractivity (Wildman–Crippen MR) is 48.1 cm³/mol. The molecule has 2 nitrogen and oxygen atoms in total. The second-order valence-electron chi connectivity index (χ2n) is 2.12. The van der Waals surface area contributed by atoms with Crippen molar-refractivity contribution in [1.82, 2.24) is 0 Å². The van der Waals surface area contributed by atoms with Gasteiger partial charge in [0.15, 0.2) is 5.50 Å². The topological polar surface area (TPSA) is 22.4 Å². The van der Waals surface area contributed by atoms with E-state index in [0.29, 0.717) is 5.50 Å². The molecule has 0 N–H and O–H groups in total. The average molecular weight is 200 g/mol. The third-order valence-electron chi connectivity index (χ3n) is 1.35. The molecule has 1 atom stereocenters. The van der Waals surface area contributed by atoms with E-state index in [9.17, 15) is 0 Å². The van der Waals surface area contributed by atoms with Gasteiger partial charge in [0.05, 0.1) is 6.26 Å². The molecule has 0 saturated heterocycles. The van der Waals surface area contributed by atoms with E-state index < -0.39 is 7.27 Å². The summed E-state index contributed by atoms with van der Waals surface area (Å²) in [7, 11) is -0.989. The Kier molecular flexibility index (Phi) is 2.14. The second-order valence-corrected chi connectivity index (χ2v) is 4.57. The zero-order valence-corrected chi connectivity index (χ0v) is 7.68. The molecule has 0 fully saturated rings. The first-order chi connectivity index (χ1) is 5.88. The summed E-state index contributed by atoms with van der Waals surface area (Å²) in [5.74, 6) is 0. The molecular weight excluding hydrogens is 195 g/mol. The summed E-state index contributed by atoms with van der Waals surface area (Å²) in [4.78, 5) is 0. The fourth-order valence-corrected chi connectivity index (χ4v) is 2.30. The maximum Gasteiger partial charge on any atom is 0.292 e. The van der Waals surface area contributed by atoms with Gasteiger partial charge in [0, 0.05) is 0 Å². The Balaban J connectivity index is 2.16. The molecule has 0 amide bonds. The molecule has 0 bridgehead atoms. The summed E-state index contributed by atoms with van der Waals surface area (Å²) in [6.45, 7) is 0. The summed E-state index contributed by atoms with van der Waals surface area (Å²) < 4.78 is 10.2. The Labute approximate surface area is 76.0 Å². The van der Waals surface area contributed by atoms with Crippen LogP contribution in [0.25, 0.3) is 0 Å². The lowest BCUT2D eigenvalue weighted by molar-refractivity contribution is 0.396. The normalized spacial score (nSPS) is 16.6. The Morgan fingerprint density at radius 1 is 1.50 bits per heavy atom. The minimum Gasteiger partial charge on any atom is -0.461 e. The molecule has 2 heterocycles. The maximum atomic E-state index is 6.07. The monoisotopic (exact) mass is 199 g/mol. The number of ether oxygens (including phenoxy) is 1. The fraction of sp³-hybridized carbons (Fsp3) is 0. The van der Waals surface area contributed by atoms with Gasteiger partial charge in [-0.15, -0.1) is 0 Å². The van der Waals surface area contributed by atoms with Gasteiger partial charge in [0.25, 0.3) is 11.8 Å². The Morgan fingerprint density at radius 3 is 3.00 bits per heavy atom. The molecule has 4 heteroatoms. The molecule has 1 unspecified atom stereocenters. The van der Waals surface area contributed by atoms with E-state index in [-0.39, 0.29) is 0 Å². The molecule has 60 valence electrons. The van der Waals surface area contributed by atoms with E-state index in [1.165, 1.54) is 6.26 Å². The smallest absolute Gasteiger partial charge is 0.292 e. The summed E-state index contributed by atoms with van der Waals surface area (Å²) in [6.07, 6.45) is 7.60. The number of allylic oxidation sites excluding steroid dienone is 2. The Morgan fingerprint density at radius 2 is 2.42 bits per heavy atom. The van der Waals surface area contributed by atoms with Crippen LogP contribution < -0.4 is 5.50 Å². The first-order valence-corrected chi connectivity index (χ1v) is 5.56. The average Bonchev–Trinajstić information content (AvgIpc) is 2.77. The zero-order valence-electron chi connectivity index (χ0n) is 6.03. The van der Waals surface area contributed by atoms with Crippen molar-refractivity contribution in [3.05, 3.63) is 42.3 Å². The van der Waals surface area contributed by atoms with Crippen molar-refractivity contribution in [2.24, 2.45) is 0 Å². The highest BCUT2D eigenvalue weighted by atomic mass is 35.7. The van der Waals surface area contributed by atoms with Gasteiger partial charge in [-0.05, 0) is 12.1 Å². The van der Waals surface area contributed by atoms with Gasteiger partial charge >= 0.3 is 0 Å². The van der Waals surface area contributed by atoms with Gasteiger partial charge in [-0.1, -0.05) is 11.2 Å². The lowest BCUT2D eigenvalue weighted by atomic mass is 10.6. The molecular formula is C8H5ClO2P+. The van der Waals surface area contributed by atoms with Crippen molar-refractivity contribution in [2.45, 2.75) is 0 Å². The quantitative estimate of drug-likeness (QED) is 0.540. The van der Waals surface area contributed by atoms with Crippen LogP contribution in [-0.2, 0) is 4.74 Å². The van der Waals surface area contributed by atoms with Crippen molar-refractivity contribution >= 4 is 24.0 Å². The van der Waals surface area contributed by atoms with E-state index in [4.69, 9.17) is 20.4 Å². The molecule has 1 aliphatic rings. The second kappa shape index (κ2) is 3.28. The molecule has 0 aromatic carbocycles. The summed E-state index contributed by atoms with van der Waals surface area (Å²) in [6, 6.07) is 3.64. The minimum atomic E-state index is -0.989. The maximum absolute atomic E-state index is 6.07. The van der Waals surface area contributed by atoms with Crippen LogP contribution in [-0.4, -0.2) is 0 Å². The van der Waals surface area contributed by atoms with E-state index in [2.05, 4.69) is 6.08 Å². The molecule has 1 aromatic rings. The molecule has 1 aromatic heterocycles. The van der Waals surface area contributed by atoms with Crippen LogP contribution in [0.15, 0.2) is 40.7 Å².